The first-order chi connectivity index (χ1) is 12.5. The van der Waals surface area contributed by atoms with Gasteiger partial charge >= 0.3 is 7.82 Å². The number of aliphatic hydroxyl groups excluding tert-OH is 7. The van der Waals surface area contributed by atoms with Gasteiger partial charge in [-0.25, -0.2) is 4.57 Å². The average Bonchev–Trinajstić information content (AvgIpc) is 2.59. The first-order valence-electron chi connectivity index (χ1n) is 7.82. The first-order valence-corrected chi connectivity index (χ1v) is 9.35. The Kier molecular flexibility index (Phi) is 7.68. The predicted molar refractivity (Wildman–Crippen MR) is 79.5 cm³/mol. The Hall–Kier alpha value is -0.290. The van der Waals surface area contributed by atoms with Crippen LogP contribution < -0.4 is 0 Å². The topological polar surface area (TPSA) is 236 Å². The number of phosphoric ester groups is 1. The van der Waals surface area contributed by atoms with E-state index in [0.717, 1.165) is 0 Å². The molecule has 0 aromatic carbocycles. The third-order valence-corrected chi connectivity index (χ3v) is 4.69. The molecule has 2 heterocycles. The van der Waals surface area contributed by atoms with Gasteiger partial charge in [-0.05, 0) is 0 Å². The van der Waals surface area contributed by atoms with Crippen LogP contribution >= 0.6 is 7.82 Å². The summed E-state index contributed by atoms with van der Waals surface area (Å²) in [7, 11) is -4.92. The van der Waals surface area contributed by atoms with Gasteiger partial charge in [0, 0.05) is 0 Å². The summed E-state index contributed by atoms with van der Waals surface area (Å²) in [6, 6.07) is 0. The van der Waals surface area contributed by atoms with Gasteiger partial charge in [0.2, 0.25) is 0 Å². The highest BCUT2D eigenvalue weighted by Gasteiger charge is 2.50. The van der Waals surface area contributed by atoms with Crippen molar-refractivity contribution >= 4 is 7.82 Å². The quantitative estimate of drug-likeness (QED) is 0.182. The standard InChI is InChI=1S/C12H23O14P/c13-1-3-6(15)10(9(18)11(19)24-3)26-12-8(17)7(16)5(14)4(25-12)2-23-27(20,21)22/h3-19H,1-2H2,(H2,20,21,22)/t3-,4-,5+,6-,7+,8-,9-,10+,11?,12-/m1/s1. The van der Waals surface area contributed by atoms with Crippen LogP contribution in [-0.2, 0) is 23.3 Å². The normalized spacial score (nSPS) is 46.4. The van der Waals surface area contributed by atoms with Gasteiger partial charge < -0.3 is 59.7 Å². The SMILES string of the molecule is O=P(O)(O)OC[C@H]1O[C@H](O[C@H]2[C@H](O)[C@@H](CO)OC(O)[C@@H]2O)[C@H](O)[C@@H](O)[C@H]1O. The summed E-state index contributed by atoms with van der Waals surface area (Å²) in [4.78, 5) is 17.4. The molecule has 9 N–H and O–H groups in total. The highest BCUT2D eigenvalue weighted by atomic mass is 31.2. The van der Waals surface area contributed by atoms with E-state index < -0.39 is 82.4 Å². The van der Waals surface area contributed by atoms with E-state index in [1.165, 1.54) is 0 Å². The summed E-state index contributed by atoms with van der Waals surface area (Å²) < 4.78 is 30.1. The smallest absolute Gasteiger partial charge is 0.394 e. The lowest BCUT2D eigenvalue weighted by Crippen LogP contribution is -2.64. The molecule has 2 aliphatic rings. The van der Waals surface area contributed by atoms with Crippen LogP contribution in [-0.4, -0.2) is 120 Å². The highest BCUT2D eigenvalue weighted by molar-refractivity contribution is 7.46. The molecule has 0 aromatic rings. The average molecular weight is 422 g/mol. The van der Waals surface area contributed by atoms with Crippen molar-refractivity contribution < 1.29 is 68.8 Å². The van der Waals surface area contributed by atoms with Crippen molar-refractivity contribution in [2.75, 3.05) is 13.2 Å². The van der Waals surface area contributed by atoms with Crippen LogP contribution in [0.2, 0.25) is 0 Å². The van der Waals surface area contributed by atoms with Crippen LogP contribution in [0, 0.1) is 0 Å². The molecule has 27 heavy (non-hydrogen) atoms. The number of phosphoric acid groups is 1. The lowest BCUT2D eigenvalue weighted by atomic mass is 9.97. The van der Waals surface area contributed by atoms with Crippen molar-refractivity contribution in [3.63, 3.8) is 0 Å². The van der Waals surface area contributed by atoms with E-state index in [2.05, 4.69) is 4.52 Å². The van der Waals surface area contributed by atoms with E-state index in [0.29, 0.717) is 0 Å². The van der Waals surface area contributed by atoms with Gasteiger partial charge in [-0.15, -0.1) is 0 Å². The summed E-state index contributed by atoms with van der Waals surface area (Å²) in [5, 5.41) is 68.4. The number of aliphatic hydroxyl groups is 7. The van der Waals surface area contributed by atoms with E-state index in [4.69, 9.17) is 29.1 Å². The largest absolute Gasteiger partial charge is 0.469 e. The molecule has 2 aliphatic heterocycles. The molecule has 0 amide bonds. The van der Waals surface area contributed by atoms with Crippen molar-refractivity contribution in [3.05, 3.63) is 0 Å². The molecule has 0 saturated carbocycles. The molecule has 1 unspecified atom stereocenters. The summed E-state index contributed by atoms with van der Waals surface area (Å²) in [5.41, 5.74) is 0. The minimum Gasteiger partial charge on any atom is -0.394 e. The molecule has 2 saturated heterocycles. The van der Waals surface area contributed by atoms with E-state index in [-0.39, 0.29) is 0 Å². The minimum absolute atomic E-state index is 0.737. The number of hydrogen-bond acceptors (Lipinski definition) is 12. The summed E-state index contributed by atoms with van der Waals surface area (Å²) >= 11 is 0. The fourth-order valence-corrected chi connectivity index (χ4v) is 3.06. The Bertz CT molecular complexity index is 528. The van der Waals surface area contributed by atoms with E-state index in [1.807, 2.05) is 0 Å². The molecule has 0 aliphatic carbocycles. The molecule has 0 aromatic heterocycles. The van der Waals surface area contributed by atoms with Crippen molar-refractivity contribution in [3.8, 4) is 0 Å². The van der Waals surface area contributed by atoms with Crippen LogP contribution in [0.3, 0.4) is 0 Å². The van der Waals surface area contributed by atoms with Gasteiger partial charge in [0.15, 0.2) is 12.6 Å². The zero-order valence-electron chi connectivity index (χ0n) is 13.7. The maximum absolute atomic E-state index is 10.8. The second kappa shape index (κ2) is 9.02. The predicted octanol–water partition coefficient (Wildman–Crippen LogP) is -5.28. The van der Waals surface area contributed by atoms with E-state index in [9.17, 15) is 35.2 Å². The molecule has 2 fully saturated rings. The fraction of sp³-hybridized carbons (Fsp3) is 1.00. The highest BCUT2D eigenvalue weighted by Crippen LogP contribution is 2.37. The zero-order chi connectivity index (χ0) is 20.5. The van der Waals surface area contributed by atoms with Crippen LogP contribution in [0.4, 0.5) is 0 Å². The van der Waals surface area contributed by atoms with Crippen molar-refractivity contribution in [1.82, 2.24) is 0 Å². The van der Waals surface area contributed by atoms with Crippen LogP contribution in [0.1, 0.15) is 0 Å². The Labute approximate surface area is 152 Å². The van der Waals surface area contributed by atoms with Crippen LogP contribution in [0.15, 0.2) is 0 Å². The van der Waals surface area contributed by atoms with Crippen molar-refractivity contribution in [2.45, 2.75) is 61.4 Å². The molecular formula is C12H23O14P. The van der Waals surface area contributed by atoms with Gasteiger partial charge in [0.05, 0.1) is 13.2 Å². The Balaban J connectivity index is 2.11. The molecule has 15 heteroatoms. The Morgan fingerprint density at radius 2 is 1.44 bits per heavy atom. The Morgan fingerprint density at radius 3 is 2.00 bits per heavy atom. The van der Waals surface area contributed by atoms with Gasteiger partial charge in [-0.2, -0.15) is 0 Å². The minimum atomic E-state index is -4.92. The van der Waals surface area contributed by atoms with Gasteiger partial charge in [0.1, 0.15) is 48.8 Å². The van der Waals surface area contributed by atoms with Crippen molar-refractivity contribution in [1.29, 1.82) is 0 Å². The zero-order valence-corrected chi connectivity index (χ0v) is 14.6. The maximum atomic E-state index is 10.8. The molecule has 0 radical (unpaired) electrons. The van der Waals surface area contributed by atoms with Gasteiger partial charge in [-0.3, -0.25) is 4.52 Å². The lowest BCUT2D eigenvalue weighted by Gasteiger charge is -2.45. The van der Waals surface area contributed by atoms with E-state index in [1.54, 1.807) is 0 Å². The van der Waals surface area contributed by atoms with Crippen molar-refractivity contribution in [2.24, 2.45) is 0 Å². The number of ether oxygens (including phenoxy) is 3. The molecule has 14 nitrogen and oxygen atoms in total. The molecule has 10 atom stereocenters. The van der Waals surface area contributed by atoms with E-state index >= 15 is 0 Å². The molecule has 0 spiro atoms. The van der Waals surface area contributed by atoms with Crippen LogP contribution in [0.25, 0.3) is 0 Å². The third-order valence-electron chi connectivity index (χ3n) is 4.21. The summed E-state index contributed by atoms with van der Waals surface area (Å²) in [5.74, 6) is 0. The Morgan fingerprint density at radius 1 is 0.815 bits per heavy atom. The molecular weight excluding hydrogens is 399 g/mol. The van der Waals surface area contributed by atoms with Crippen LogP contribution in [0.5, 0.6) is 0 Å². The third kappa shape index (κ3) is 5.41. The molecule has 160 valence electrons. The maximum Gasteiger partial charge on any atom is 0.469 e. The fourth-order valence-electron chi connectivity index (χ4n) is 2.72. The molecule has 2 rings (SSSR count). The summed E-state index contributed by atoms with van der Waals surface area (Å²) in [6.45, 7) is -1.62. The second-order valence-corrected chi connectivity index (χ2v) is 7.37. The summed E-state index contributed by atoms with van der Waals surface area (Å²) in [6.07, 6.45) is -17.2. The second-order valence-electron chi connectivity index (χ2n) is 6.13. The first kappa shape index (κ1) is 23.0. The lowest BCUT2D eigenvalue weighted by molar-refractivity contribution is -0.355. The monoisotopic (exact) mass is 422 g/mol. The van der Waals surface area contributed by atoms with Gasteiger partial charge in [0.25, 0.3) is 0 Å². The molecule has 0 bridgehead atoms. The number of rotatable bonds is 6. The van der Waals surface area contributed by atoms with Gasteiger partial charge in [-0.1, -0.05) is 0 Å². The number of hydrogen-bond donors (Lipinski definition) is 9.